The van der Waals surface area contributed by atoms with Crippen molar-refractivity contribution in [2.45, 2.75) is 26.3 Å². The molecule has 0 aliphatic carbocycles. The number of thiophene rings is 1. The van der Waals surface area contributed by atoms with Crippen LogP contribution >= 0.6 is 11.3 Å². The van der Waals surface area contributed by atoms with Crippen LogP contribution in [-0.4, -0.2) is 32.8 Å². The first kappa shape index (κ1) is 12.7. The summed E-state index contributed by atoms with van der Waals surface area (Å²) >= 11 is 1.53. The van der Waals surface area contributed by atoms with Crippen molar-refractivity contribution in [3.8, 4) is 10.7 Å². The van der Waals surface area contributed by atoms with Gasteiger partial charge < -0.3 is 4.74 Å². The van der Waals surface area contributed by atoms with Gasteiger partial charge in [-0.1, -0.05) is 19.4 Å². The minimum Gasteiger partial charge on any atom is -0.464 e. The summed E-state index contributed by atoms with van der Waals surface area (Å²) < 4.78 is 5.02. The minimum atomic E-state index is -0.335. The Bertz CT molecular complexity index is 495. The third kappa shape index (κ3) is 3.36. The molecule has 96 valence electrons. The van der Waals surface area contributed by atoms with E-state index in [4.69, 9.17) is 4.74 Å². The molecule has 0 fully saturated rings. The van der Waals surface area contributed by atoms with Gasteiger partial charge in [-0.2, -0.15) is 4.80 Å². The lowest BCUT2D eigenvalue weighted by Crippen LogP contribution is -2.16. The number of ether oxygens (including phenoxy) is 1. The number of tetrazole rings is 1. The van der Waals surface area contributed by atoms with Crippen molar-refractivity contribution >= 4 is 17.3 Å². The molecule has 0 N–H and O–H groups in total. The zero-order valence-electron chi connectivity index (χ0n) is 10.1. The second-order valence-electron chi connectivity index (χ2n) is 3.69. The molecule has 0 radical (unpaired) electrons. The van der Waals surface area contributed by atoms with Gasteiger partial charge in [-0.15, -0.1) is 21.5 Å². The summed E-state index contributed by atoms with van der Waals surface area (Å²) in [4.78, 5) is 13.6. The highest BCUT2D eigenvalue weighted by atomic mass is 32.1. The van der Waals surface area contributed by atoms with E-state index in [2.05, 4.69) is 15.4 Å². The SMILES string of the molecule is CCCCOC(=O)Cn1nnc(-c2cccs2)n1. The van der Waals surface area contributed by atoms with E-state index in [1.54, 1.807) is 0 Å². The summed E-state index contributed by atoms with van der Waals surface area (Å²) in [5, 5.41) is 13.8. The zero-order valence-corrected chi connectivity index (χ0v) is 10.9. The van der Waals surface area contributed by atoms with Crippen LogP contribution in [0, 0.1) is 0 Å². The van der Waals surface area contributed by atoms with E-state index in [0.717, 1.165) is 17.7 Å². The molecule has 0 aliphatic rings. The molecule has 6 nitrogen and oxygen atoms in total. The van der Waals surface area contributed by atoms with E-state index >= 15 is 0 Å². The fourth-order valence-electron chi connectivity index (χ4n) is 1.31. The first-order valence-corrected chi connectivity index (χ1v) is 6.65. The minimum absolute atomic E-state index is 0.00207. The highest BCUT2D eigenvalue weighted by Gasteiger charge is 2.10. The molecule has 18 heavy (non-hydrogen) atoms. The van der Waals surface area contributed by atoms with Gasteiger partial charge in [0.2, 0.25) is 5.82 Å². The van der Waals surface area contributed by atoms with Crippen LogP contribution in [0.4, 0.5) is 0 Å². The first-order valence-electron chi connectivity index (χ1n) is 5.77. The molecular formula is C11H14N4O2S. The van der Waals surface area contributed by atoms with Gasteiger partial charge in [0.15, 0.2) is 6.54 Å². The van der Waals surface area contributed by atoms with E-state index in [-0.39, 0.29) is 12.5 Å². The number of nitrogens with zero attached hydrogens (tertiary/aromatic N) is 4. The van der Waals surface area contributed by atoms with Crippen molar-refractivity contribution in [1.29, 1.82) is 0 Å². The summed E-state index contributed by atoms with van der Waals surface area (Å²) in [5.41, 5.74) is 0. The van der Waals surface area contributed by atoms with Gasteiger partial charge in [0.25, 0.3) is 0 Å². The number of carbonyl (C=O) groups is 1. The van der Waals surface area contributed by atoms with Gasteiger partial charge in [0.05, 0.1) is 11.5 Å². The van der Waals surface area contributed by atoms with E-state index < -0.39 is 0 Å². The number of esters is 1. The number of rotatable bonds is 6. The molecular weight excluding hydrogens is 252 g/mol. The molecule has 0 saturated carbocycles. The molecule has 7 heteroatoms. The van der Waals surface area contributed by atoms with Crippen LogP contribution < -0.4 is 0 Å². The van der Waals surface area contributed by atoms with Crippen LogP contribution in [0.5, 0.6) is 0 Å². The highest BCUT2D eigenvalue weighted by molar-refractivity contribution is 7.13. The molecule has 0 atom stereocenters. The van der Waals surface area contributed by atoms with Crippen LogP contribution in [0.1, 0.15) is 19.8 Å². The van der Waals surface area contributed by atoms with Crippen LogP contribution in [0.25, 0.3) is 10.7 Å². The van der Waals surface area contributed by atoms with Crippen LogP contribution in [0.3, 0.4) is 0 Å². The van der Waals surface area contributed by atoms with Crippen LogP contribution in [0.2, 0.25) is 0 Å². The van der Waals surface area contributed by atoms with Gasteiger partial charge in [0.1, 0.15) is 0 Å². The van der Waals surface area contributed by atoms with Crippen molar-refractivity contribution in [2.75, 3.05) is 6.61 Å². The number of carbonyl (C=O) groups excluding carboxylic acids is 1. The average Bonchev–Trinajstić information content (AvgIpc) is 2.98. The Labute approximate surface area is 109 Å². The van der Waals surface area contributed by atoms with Crippen molar-refractivity contribution < 1.29 is 9.53 Å². The van der Waals surface area contributed by atoms with Crippen molar-refractivity contribution in [2.24, 2.45) is 0 Å². The summed E-state index contributed by atoms with van der Waals surface area (Å²) in [7, 11) is 0. The Morgan fingerprint density at radius 3 is 3.17 bits per heavy atom. The summed E-state index contributed by atoms with van der Waals surface area (Å²) in [6.07, 6.45) is 1.87. The molecule has 0 spiro atoms. The predicted octanol–water partition coefficient (Wildman–Crippen LogP) is 1.74. The molecule has 0 saturated heterocycles. The lowest BCUT2D eigenvalue weighted by Gasteiger charge is -2.01. The maximum absolute atomic E-state index is 11.4. The van der Waals surface area contributed by atoms with Crippen molar-refractivity contribution in [3.05, 3.63) is 17.5 Å². The molecule has 2 aromatic rings. The average molecular weight is 266 g/mol. The number of unbranched alkanes of at least 4 members (excludes halogenated alkanes) is 1. The summed E-state index contributed by atoms with van der Waals surface area (Å²) in [6.45, 7) is 2.49. The molecule has 2 heterocycles. The highest BCUT2D eigenvalue weighted by Crippen LogP contribution is 2.19. The monoisotopic (exact) mass is 266 g/mol. The second-order valence-corrected chi connectivity index (χ2v) is 4.64. The molecule has 2 aromatic heterocycles. The van der Waals surface area contributed by atoms with Gasteiger partial charge in [-0.25, -0.2) is 4.79 Å². The van der Waals surface area contributed by atoms with E-state index in [1.807, 2.05) is 24.4 Å². The van der Waals surface area contributed by atoms with Crippen molar-refractivity contribution in [1.82, 2.24) is 20.2 Å². The van der Waals surface area contributed by atoms with E-state index in [0.29, 0.717) is 12.4 Å². The Kier molecular flexibility index (Phi) is 4.40. The van der Waals surface area contributed by atoms with Crippen molar-refractivity contribution in [3.63, 3.8) is 0 Å². The lowest BCUT2D eigenvalue weighted by molar-refractivity contribution is -0.144. The number of aromatic nitrogens is 4. The van der Waals surface area contributed by atoms with Crippen LogP contribution in [-0.2, 0) is 16.1 Å². The maximum atomic E-state index is 11.4. The summed E-state index contributed by atoms with van der Waals surface area (Å²) in [6, 6.07) is 3.82. The third-order valence-corrected chi connectivity index (χ3v) is 3.09. The molecule has 0 bridgehead atoms. The zero-order chi connectivity index (χ0) is 12.8. The fraction of sp³-hybridized carbons (Fsp3) is 0.455. The molecule has 0 aromatic carbocycles. The second kappa shape index (κ2) is 6.25. The topological polar surface area (TPSA) is 69.9 Å². The molecule has 0 unspecified atom stereocenters. The normalized spacial score (nSPS) is 10.5. The Morgan fingerprint density at radius 2 is 2.44 bits per heavy atom. The van der Waals surface area contributed by atoms with E-state index in [1.165, 1.54) is 16.1 Å². The lowest BCUT2D eigenvalue weighted by atomic mass is 10.4. The Balaban J connectivity index is 1.89. The number of hydrogen-bond acceptors (Lipinski definition) is 6. The smallest absolute Gasteiger partial charge is 0.329 e. The van der Waals surface area contributed by atoms with E-state index in [9.17, 15) is 4.79 Å². The van der Waals surface area contributed by atoms with Gasteiger partial charge in [-0.3, -0.25) is 0 Å². The summed E-state index contributed by atoms with van der Waals surface area (Å²) in [5.74, 6) is 0.199. The third-order valence-electron chi connectivity index (χ3n) is 2.23. The maximum Gasteiger partial charge on any atom is 0.329 e. The molecule has 2 rings (SSSR count). The largest absolute Gasteiger partial charge is 0.464 e. The molecule has 0 aliphatic heterocycles. The van der Waals surface area contributed by atoms with Gasteiger partial charge in [-0.05, 0) is 23.1 Å². The Morgan fingerprint density at radius 1 is 1.56 bits per heavy atom. The van der Waals surface area contributed by atoms with Gasteiger partial charge in [0, 0.05) is 0 Å². The quantitative estimate of drug-likeness (QED) is 0.588. The molecule has 0 amide bonds. The predicted molar refractivity (Wildman–Crippen MR) is 67.0 cm³/mol. The standard InChI is InChI=1S/C11H14N4O2S/c1-2-3-6-17-10(16)8-15-13-11(12-14-15)9-5-4-7-18-9/h4-5,7H,2-3,6,8H2,1H3. The van der Waals surface area contributed by atoms with Gasteiger partial charge >= 0.3 is 5.97 Å². The fourth-order valence-corrected chi connectivity index (χ4v) is 1.95. The van der Waals surface area contributed by atoms with Crippen LogP contribution in [0.15, 0.2) is 17.5 Å². The number of hydrogen-bond donors (Lipinski definition) is 0. The Hall–Kier alpha value is -1.76. The first-order chi connectivity index (χ1) is 8.79.